The maximum absolute atomic E-state index is 11.6. The van der Waals surface area contributed by atoms with Crippen molar-refractivity contribution >= 4 is 12.5 Å². The first-order chi connectivity index (χ1) is 13.2. The van der Waals surface area contributed by atoms with Gasteiger partial charge in [0.25, 0.3) is 0 Å². The summed E-state index contributed by atoms with van der Waals surface area (Å²) in [5.41, 5.74) is 2.14. The van der Waals surface area contributed by atoms with Crippen molar-refractivity contribution in [2.75, 3.05) is 32.7 Å². The van der Waals surface area contributed by atoms with Crippen molar-refractivity contribution < 1.29 is 14.3 Å². The van der Waals surface area contributed by atoms with E-state index in [9.17, 15) is 9.59 Å². The molecule has 2 N–H and O–H groups in total. The lowest BCUT2D eigenvalue weighted by molar-refractivity contribution is -0.109. The largest absolute Gasteiger partial charge is 0.445 e. The zero-order valence-corrected chi connectivity index (χ0v) is 15.6. The number of hydrogen-bond acceptors (Lipinski definition) is 5. The number of rotatable bonds is 6. The van der Waals surface area contributed by atoms with Gasteiger partial charge in [0.15, 0.2) is 0 Å². The molecule has 0 atom stereocenters. The highest BCUT2D eigenvalue weighted by molar-refractivity contribution is 5.67. The lowest BCUT2D eigenvalue weighted by atomic mass is 10.2. The molecule has 1 aliphatic heterocycles. The third kappa shape index (κ3) is 7.49. The third-order valence-corrected chi connectivity index (χ3v) is 4.11. The maximum Gasteiger partial charge on any atom is 0.410 e. The average Bonchev–Trinajstić information content (AvgIpc) is 3.13. The second-order valence-electron chi connectivity index (χ2n) is 6.10. The Balaban J connectivity index is 0.000000208. The molecule has 0 bridgehead atoms. The zero-order valence-electron chi connectivity index (χ0n) is 15.6. The van der Waals surface area contributed by atoms with Gasteiger partial charge in [0.2, 0.25) is 6.41 Å². The van der Waals surface area contributed by atoms with Crippen molar-refractivity contribution in [3.8, 4) is 0 Å². The number of aromatic nitrogens is 2. The Kier molecular flexibility index (Phi) is 8.85. The first kappa shape index (κ1) is 20.4. The number of carbonyl (C=O) groups excluding carboxylic acids is 2. The van der Waals surface area contributed by atoms with Crippen LogP contribution in [0.4, 0.5) is 4.79 Å². The number of imidazole rings is 1. The smallest absolute Gasteiger partial charge is 0.410 e. The minimum atomic E-state index is -0.217. The Morgan fingerprint density at radius 3 is 2.67 bits per heavy atom. The maximum atomic E-state index is 11.6. The van der Waals surface area contributed by atoms with Crippen LogP contribution in [-0.2, 0) is 29.6 Å². The third-order valence-electron chi connectivity index (χ3n) is 4.11. The van der Waals surface area contributed by atoms with Crippen LogP contribution in [0, 0.1) is 0 Å². The van der Waals surface area contributed by atoms with Crippen molar-refractivity contribution in [3.05, 3.63) is 54.1 Å². The number of hydrogen-bond donors (Lipinski definition) is 2. The summed E-state index contributed by atoms with van der Waals surface area (Å²) >= 11 is 0. The van der Waals surface area contributed by atoms with Gasteiger partial charge >= 0.3 is 6.09 Å². The summed E-state index contributed by atoms with van der Waals surface area (Å²) in [5.74, 6) is 0. The first-order valence-electron chi connectivity index (χ1n) is 8.99. The summed E-state index contributed by atoms with van der Waals surface area (Å²) in [6, 6.07) is 9.72. The lowest BCUT2D eigenvalue weighted by Crippen LogP contribution is -2.46. The molecule has 2 aromatic rings. The molecule has 0 radical (unpaired) electrons. The number of aryl methyl sites for hydroxylation is 1. The topological polar surface area (TPSA) is 88.5 Å². The molecule has 2 heterocycles. The van der Waals surface area contributed by atoms with E-state index in [0.29, 0.717) is 19.6 Å². The number of carbonyl (C=O) groups is 2. The Hall–Kier alpha value is -2.87. The van der Waals surface area contributed by atoms with Crippen LogP contribution >= 0.6 is 0 Å². The van der Waals surface area contributed by atoms with Gasteiger partial charge < -0.3 is 24.8 Å². The molecule has 27 heavy (non-hydrogen) atoms. The second kappa shape index (κ2) is 11.7. The molecule has 2 amide bonds. The SMILES string of the molecule is Cn1cncc1CCNC=O.O=C(OCc1ccccc1)N1CCNCC1. The minimum Gasteiger partial charge on any atom is -0.445 e. The molecule has 1 saturated heterocycles. The number of piperazine rings is 1. The van der Waals surface area contributed by atoms with E-state index in [0.717, 1.165) is 43.9 Å². The Morgan fingerprint density at radius 1 is 1.30 bits per heavy atom. The van der Waals surface area contributed by atoms with E-state index in [-0.39, 0.29) is 6.09 Å². The molecule has 146 valence electrons. The zero-order chi connectivity index (χ0) is 19.3. The van der Waals surface area contributed by atoms with Crippen molar-refractivity contribution in [2.24, 2.45) is 7.05 Å². The quantitative estimate of drug-likeness (QED) is 0.581. The van der Waals surface area contributed by atoms with Gasteiger partial charge in [-0.15, -0.1) is 0 Å². The summed E-state index contributed by atoms with van der Waals surface area (Å²) in [4.78, 5) is 27.2. The van der Waals surface area contributed by atoms with E-state index < -0.39 is 0 Å². The summed E-state index contributed by atoms with van der Waals surface area (Å²) in [6.45, 7) is 4.18. The minimum absolute atomic E-state index is 0.217. The monoisotopic (exact) mass is 373 g/mol. The molecule has 0 saturated carbocycles. The van der Waals surface area contributed by atoms with Crippen molar-refractivity contribution in [1.29, 1.82) is 0 Å². The molecular weight excluding hydrogens is 346 g/mol. The number of nitrogens with zero attached hydrogens (tertiary/aromatic N) is 3. The molecule has 1 aromatic heterocycles. The number of amides is 2. The van der Waals surface area contributed by atoms with Crippen LogP contribution in [0.5, 0.6) is 0 Å². The van der Waals surface area contributed by atoms with Crippen molar-refractivity contribution in [1.82, 2.24) is 25.1 Å². The molecule has 1 aliphatic rings. The van der Waals surface area contributed by atoms with E-state index in [4.69, 9.17) is 4.74 Å². The summed E-state index contributed by atoms with van der Waals surface area (Å²) in [7, 11) is 1.93. The van der Waals surface area contributed by atoms with Gasteiger partial charge in [-0.25, -0.2) is 9.78 Å². The molecule has 0 spiro atoms. The van der Waals surface area contributed by atoms with Crippen LogP contribution in [0.15, 0.2) is 42.9 Å². The molecular formula is C19H27N5O3. The standard InChI is InChI=1S/C12H16N2O2.C7H11N3O/c15-12(14-8-6-13-7-9-14)16-10-11-4-2-1-3-5-11;1-10-5-9-4-7(10)2-3-8-6-11/h1-5,13H,6-10H2;4-6H,2-3H2,1H3,(H,8,11). The number of benzene rings is 1. The summed E-state index contributed by atoms with van der Waals surface area (Å²) in [6.07, 6.45) is 4.86. The number of ether oxygens (including phenoxy) is 1. The van der Waals surface area contributed by atoms with Crippen LogP contribution < -0.4 is 10.6 Å². The van der Waals surface area contributed by atoms with Crippen LogP contribution in [-0.4, -0.2) is 59.7 Å². The van der Waals surface area contributed by atoms with Crippen molar-refractivity contribution in [2.45, 2.75) is 13.0 Å². The van der Waals surface area contributed by atoms with Crippen LogP contribution in [0.25, 0.3) is 0 Å². The van der Waals surface area contributed by atoms with Gasteiger partial charge in [-0.3, -0.25) is 4.79 Å². The molecule has 8 heteroatoms. The normalized spacial score (nSPS) is 13.3. The van der Waals surface area contributed by atoms with E-state index in [1.807, 2.05) is 41.9 Å². The van der Waals surface area contributed by atoms with Crippen LogP contribution in [0.2, 0.25) is 0 Å². The highest BCUT2D eigenvalue weighted by atomic mass is 16.6. The number of nitrogens with one attached hydrogen (secondary N) is 2. The van der Waals surface area contributed by atoms with Gasteiger partial charge in [0.1, 0.15) is 6.61 Å². The molecule has 3 rings (SSSR count). The Labute approximate surface area is 159 Å². The van der Waals surface area contributed by atoms with Gasteiger partial charge in [-0.1, -0.05) is 30.3 Å². The predicted octanol–water partition coefficient (Wildman–Crippen LogP) is 0.937. The molecule has 0 aliphatic carbocycles. The fraction of sp³-hybridized carbons (Fsp3) is 0.421. The van der Waals surface area contributed by atoms with Gasteiger partial charge in [0.05, 0.1) is 6.33 Å². The fourth-order valence-electron chi connectivity index (χ4n) is 2.54. The highest BCUT2D eigenvalue weighted by Gasteiger charge is 2.16. The molecule has 8 nitrogen and oxygen atoms in total. The van der Waals surface area contributed by atoms with Crippen LogP contribution in [0.3, 0.4) is 0 Å². The van der Waals surface area contributed by atoms with Crippen LogP contribution in [0.1, 0.15) is 11.3 Å². The van der Waals surface area contributed by atoms with E-state index in [1.165, 1.54) is 0 Å². The Morgan fingerprint density at radius 2 is 2.04 bits per heavy atom. The lowest BCUT2D eigenvalue weighted by Gasteiger charge is -2.26. The van der Waals surface area contributed by atoms with Gasteiger partial charge in [-0.05, 0) is 5.56 Å². The predicted molar refractivity (Wildman–Crippen MR) is 102 cm³/mol. The summed E-state index contributed by atoms with van der Waals surface area (Å²) < 4.78 is 7.16. The summed E-state index contributed by atoms with van der Waals surface area (Å²) in [5, 5.41) is 5.79. The molecule has 1 aromatic carbocycles. The Bertz CT molecular complexity index is 684. The van der Waals surface area contributed by atoms with E-state index in [2.05, 4.69) is 15.6 Å². The van der Waals surface area contributed by atoms with Gasteiger partial charge in [0, 0.05) is 58.1 Å². The molecule has 0 unspecified atom stereocenters. The van der Waals surface area contributed by atoms with Gasteiger partial charge in [-0.2, -0.15) is 0 Å². The second-order valence-corrected chi connectivity index (χ2v) is 6.10. The fourth-order valence-corrected chi connectivity index (χ4v) is 2.54. The first-order valence-corrected chi connectivity index (χ1v) is 8.99. The highest BCUT2D eigenvalue weighted by Crippen LogP contribution is 2.03. The van der Waals surface area contributed by atoms with Crippen molar-refractivity contribution in [3.63, 3.8) is 0 Å². The average molecular weight is 373 g/mol. The van der Waals surface area contributed by atoms with E-state index >= 15 is 0 Å². The van der Waals surface area contributed by atoms with E-state index in [1.54, 1.807) is 17.4 Å². The molecule has 1 fully saturated rings.